The van der Waals surface area contributed by atoms with E-state index in [0.717, 1.165) is 30.3 Å². The third kappa shape index (κ3) is 8.07. The predicted octanol–water partition coefficient (Wildman–Crippen LogP) is 10.2. The molecule has 0 aliphatic heterocycles. The van der Waals surface area contributed by atoms with E-state index in [9.17, 15) is 57.5 Å². The number of hydrogen-bond acceptors (Lipinski definition) is 1. The third-order valence-electron chi connectivity index (χ3n) is 10.9. The average Bonchev–Trinajstić information content (AvgIpc) is 3.34. The fourth-order valence-electron chi connectivity index (χ4n) is 7.80. The highest BCUT2D eigenvalue weighted by molar-refractivity contribution is 7.20. The maximum Gasteiger partial charge on any atom is 0.227 e. The fourth-order valence-corrected chi connectivity index (χ4v) is 7.80. The number of Topliss-reactive ketones (excluding diaryl/α,β-unsaturated/α-hetero) is 1. The van der Waals surface area contributed by atoms with Crippen LogP contribution < -0.4 is 26.4 Å². The van der Waals surface area contributed by atoms with Crippen molar-refractivity contribution in [1.29, 1.82) is 0 Å². The molecule has 7 rings (SSSR count). The summed E-state index contributed by atoms with van der Waals surface area (Å²) in [6, 6.07) is 22.1. The highest BCUT2D eigenvalue weighted by Gasteiger charge is 2.52. The summed E-state index contributed by atoms with van der Waals surface area (Å²) in [6.07, 6.45) is -3.92. The van der Waals surface area contributed by atoms with Gasteiger partial charge in [0.25, 0.3) is 0 Å². The van der Waals surface area contributed by atoms with Gasteiger partial charge in [-0.05, 0) is 18.6 Å². The van der Waals surface area contributed by atoms with E-state index < -0.39 is 144 Å². The monoisotopic (exact) mass is 983 g/mol. The Morgan fingerprint density at radius 2 is 0.706 bits per heavy atom. The number of aryl methyl sites for hydroxylation is 1. The van der Waals surface area contributed by atoms with Crippen LogP contribution in [0.3, 0.4) is 0 Å². The maximum absolute atomic E-state index is 15.4. The minimum absolute atomic E-state index is 0.157. The Morgan fingerprint density at radius 1 is 0.397 bits per heavy atom. The number of halogens is 20. The summed E-state index contributed by atoms with van der Waals surface area (Å²) in [7, 11) is 0. The molecule has 0 saturated heterocycles. The summed E-state index contributed by atoms with van der Waals surface area (Å²) in [5.74, 6) is -71.2. The molecule has 0 aliphatic carbocycles. The lowest BCUT2D eigenvalue weighted by Crippen LogP contribution is -2.81. The van der Waals surface area contributed by atoms with Crippen LogP contribution in [0.25, 0.3) is 10.9 Å². The predicted molar refractivity (Wildman–Crippen MR) is 203 cm³/mol. The van der Waals surface area contributed by atoms with Crippen molar-refractivity contribution in [3.05, 3.63) is 194 Å². The van der Waals surface area contributed by atoms with Gasteiger partial charge in [-0.25, -0.2) is 87.8 Å². The van der Waals surface area contributed by atoms with Gasteiger partial charge in [-0.3, -0.25) is 4.79 Å². The first-order chi connectivity index (χ1) is 32.0. The summed E-state index contributed by atoms with van der Waals surface area (Å²) in [5.41, 5.74) is -11.2. The number of ketones is 1. The number of pyridine rings is 1. The van der Waals surface area contributed by atoms with E-state index in [1.54, 1.807) is 0 Å². The molecule has 0 unspecified atom stereocenters. The first-order valence-electron chi connectivity index (χ1n) is 19.2. The molecule has 2 nitrogen and oxygen atoms in total. The van der Waals surface area contributed by atoms with E-state index in [0.29, 0.717) is 6.54 Å². The number of nitrogens with zero attached hydrogens (tertiary/aromatic N) is 1. The molecule has 0 atom stereocenters. The van der Waals surface area contributed by atoms with E-state index in [1.807, 2.05) is 42.5 Å². The minimum atomic E-state index is -7.22. The molecule has 356 valence electrons. The van der Waals surface area contributed by atoms with Crippen LogP contribution >= 0.6 is 0 Å². The van der Waals surface area contributed by atoms with Crippen molar-refractivity contribution in [2.24, 2.45) is 0 Å². The van der Waals surface area contributed by atoms with Crippen molar-refractivity contribution >= 4 is 44.7 Å². The first kappa shape index (κ1) is 50.5. The second-order valence-electron chi connectivity index (χ2n) is 14.7. The standard InChI is InChI=1S/C24BF20.C21H22NO/c26-5-1(6(27)14(35)21(42)13(5)34)25(2-7(28)15(36)22(43)16(37)8(2)29,3-9(30)17(38)23(44)18(39)10(3)31)4-11(32)19(40)24(45)20(41)12(4)33;1-2-3-12-19-15-14-17-9-7-8-13-20(17)22(19)16-21(23)18-10-5-4-6-11-18/h;4-11,13-15H,2-3,12,16H2,1H3/q-1;+1. The van der Waals surface area contributed by atoms with Gasteiger partial charge in [0.2, 0.25) is 17.8 Å². The molecule has 7 aromatic rings. The van der Waals surface area contributed by atoms with E-state index in [-0.39, 0.29) is 5.78 Å². The molecule has 68 heavy (non-hydrogen) atoms. The van der Waals surface area contributed by atoms with Crippen molar-refractivity contribution in [1.82, 2.24) is 0 Å². The highest BCUT2D eigenvalue weighted by atomic mass is 19.2. The van der Waals surface area contributed by atoms with Crippen molar-refractivity contribution in [3.8, 4) is 0 Å². The lowest BCUT2D eigenvalue weighted by molar-refractivity contribution is -0.664. The quantitative estimate of drug-likeness (QED) is 0.0334. The first-order valence-corrected chi connectivity index (χ1v) is 19.2. The number of fused-ring (bicyclic) bond motifs is 1. The van der Waals surface area contributed by atoms with E-state index in [1.165, 1.54) is 11.1 Å². The summed E-state index contributed by atoms with van der Waals surface area (Å²) < 4.78 is 296. The molecule has 0 radical (unpaired) electrons. The van der Waals surface area contributed by atoms with Crippen LogP contribution in [0.5, 0.6) is 0 Å². The number of unbranched alkanes of at least 4 members (excludes halogenated alkanes) is 1. The Hall–Kier alpha value is -6.94. The van der Waals surface area contributed by atoms with Crippen molar-refractivity contribution in [2.45, 2.75) is 32.7 Å². The van der Waals surface area contributed by atoms with Crippen LogP contribution in [-0.2, 0) is 13.0 Å². The van der Waals surface area contributed by atoms with E-state index in [4.69, 9.17) is 0 Å². The number of hydrogen-bond donors (Lipinski definition) is 0. The molecule has 6 aromatic carbocycles. The van der Waals surface area contributed by atoms with Crippen LogP contribution in [0, 0.1) is 116 Å². The molecule has 1 heterocycles. The van der Waals surface area contributed by atoms with Crippen molar-refractivity contribution in [2.75, 3.05) is 0 Å². The van der Waals surface area contributed by atoms with Crippen molar-refractivity contribution < 1.29 is 97.2 Å². The number of rotatable bonds is 10. The van der Waals surface area contributed by atoms with Crippen molar-refractivity contribution in [3.63, 3.8) is 0 Å². The fraction of sp³-hybridized carbons (Fsp3) is 0.111. The molecule has 0 aliphatic rings. The number of aromatic nitrogens is 1. The number of para-hydroxylation sites is 1. The molecule has 1 aromatic heterocycles. The van der Waals surface area contributed by atoms with Gasteiger partial charge in [0, 0.05) is 29.5 Å². The Balaban J connectivity index is 0.000000276. The van der Waals surface area contributed by atoms with Gasteiger partial charge in [-0.15, -0.1) is 21.9 Å². The summed E-state index contributed by atoms with van der Waals surface area (Å²) >= 11 is 0. The Bertz CT molecular complexity index is 2780. The van der Waals surface area contributed by atoms with Crippen LogP contribution in [0.4, 0.5) is 87.8 Å². The Labute approximate surface area is 368 Å². The van der Waals surface area contributed by atoms with Gasteiger partial charge in [-0.2, -0.15) is 4.57 Å². The average molecular weight is 983 g/mol. The molecule has 0 N–H and O–H groups in total. The van der Waals surface area contributed by atoms with Crippen LogP contribution in [-0.4, -0.2) is 11.9 Å². The summed E-state index contributed by atoms with van der Waals surface area (Å²) in [5, 5.41) is 1.17. The lowest BCUT2D eigenvalue weighted by atomic mass is 9.12. The Morgan fingerprint density at radius 3 is 1.04 bits per heavy atom. The molecule has 0 amide bonds. The third-order valence-corrected chi connectivity index (χ3v) is 10.9. The second kappa shape index (κ2) is 19.3. The number of carbonyl (C=O) groups is 1. The zero-order chi connectivity index (χ0) is 50.4. The van der Waals surface area contributed by atoms with Gasteiger partial charge >= 0.3 is 0 Å². The summed E-state index contributed by atoms with van der Waals surface area (Å²) in [4.78, 5) is 12.7. The van der Waals surface area contributed by atoms with Crippen LogP contribution in [0.1, 0.15) is 35.8 Å². The molecule has 0 bridgehead atoms. The molecular weight excluding hydrogens is 961 g/mol. The maximum atomic E-state index is 15.4. The topological polar surface area (TPSA) is 20.9 Å². The SMILES string of the molecule is CCCCc1ccc2ccccc2[n+]1CC(=O)c1ccccc1.Fc1c(F)c(F)c([B-](c2c(F)c(F)c(F)c(F)c2F)(c2c(F)c(F)c(F)c(F)c2F)c2c(F)c(F)c(F)c(F)c2F)c(F)c1F. The lowest BCUT2D eigenvalue weighted by Gasteiger charge is -2.44. The Kier molecular flexibility index (Phi) is 14.4. The normalized spacial score (nSPS) is 11.6. The minimum Gasteiger partial charge on any atom is -0.287 e. The van der Waals surface area contributed by atoms with Gasteiger partial charge in [0.05, 0.1) is 0 Å². The largest absolute Gasteiger partial charge is 0.287 e. The molecule has 0 fully saturated rings. The van der Waals surface area contributed by atoms with E-state index >= 15 is 35.1 Å². The number of benzene rings is 6. The molecule has 23 heteroatoms. The highest BCUT2D eigenvalue weighted by Crippen LogP contribution is 2.31. The van der Waals surface area contributed by atoms with Gasteiger partial charge in [0.15, 0.2) is 75.5 Å². The number of carbonyl (C=O) groups excluding carboxylic acids is 1. The molecule has 0 saturated carbocycles. The van der Waals surface area contributed by atoms with Gasteiger partial charge < -0.3 is 0 Å². The zero-order valence-electron chi connectivity index (χ0n) is 33.7. The van der Waals surface area contributed by atoms with Crippen LogP contribution in [0.2, 0.25) is 0 Å². The smallest absolute Gasteiger partial charge is 0.227 e. The van der Waals surface area contributed by atoms with Crippen LogP contribution in [0.15, 0.2) is 66.7 Å². The zero-order valence-corrected chi connectivity index (χ0v) is 33.7. The van der Waals surface area contributed by atoms with Gasteiger partial charge in [-0.1, -0.05) is 55.8 Å². The molecule has 0 spiro atoms. The van der Waals surface area contributed by atoms with Gasteiger partial charge in [0.1, 0.15) is 52.7 Å². The second-order valence-corrected chi connectivity index (χ2v) is 14.7. The van der Waals surface area contributed by atoms with E-state index in [2.05, 4.69) is 35.8 Å². The molecular formula is C45H22BF20NO. The summed E-state index contributed by atoms with van der Waals surface area (Å²) in [6.45, 7) is 2.59.